The molecule has 0 aromatic carbocycles. The molecule has 2 heteroatoms. The summed E-state index contributed by atoms with van der Waals surface area (Å²) >= 11 is 0. The van der Waals surface area contributed by atoms with Crippen molar-refractivity contribution in [3.05, 3.63) is 24.0 Å². The highest BCUT2D eigenvalue weighted by Gasteiger charge is 2.06. The summed E-state index contributed by atoms with van der Waals surface area (Å²) < 4.78 is 5.32. The summed E-state index contributed by atoms with van der Waals surface area (Å²) in [6, 6.07) is 0. The van der Waals surface area contributed by atoms with Crippen LogP contribution >= 0.6 is 0 Å². The van der Waals surface area contributed by atoms with Crippen LogP contribution in [0.5, 0.6) is 0 Å². The molecule has 0 heterocycles. The summed E-state index contributed by atoms with van der Waals surface area (Å²) in [4.78, 5) is 11.3. The van der Waals surface area contributed by atoms with Crippen LogP contribution < -0.4 is 0 Å². The van der Waals surface area contributed by atoms with Gasteiger partial charge in [-0.2, -0.15) is 0 Å². The fraction of sp³-hybridized carbons (Fsp3) is 0.615. The average molecular weight is 208 g/mol. The van der Waals surface area contributed by atoms with Crippen LogP contribution in [0.4, 0.5) is 0 Å². The van der Waals surface area contributed by atoms with E-state index in [-0.39, 0.29) is 5.97 Å². The van der Waals surface area contributed by atoms with Gasteiger partial charge in [0.25, 0.3) is 0 Å². The Bertz CT molecular complexity index is 251. The second kappa shape index (κ2) is 7.27. The highest BCUT2D eigenvalue weighted by Crippen LogP contribution is 2.15. The van der Waals surface area contributed by atoms with Gasteiger partial charge in [0.1, 0.15) is 5.76 Å². The maximum atomic E-state index is 11.3. The van der Waals surface area contributed by atoms with Crippen LogP contribution in [0.25, 0.3) is 0 Å². The molecular weight excluding hydrogens is 188 g/mol. The molecule has 0 amide bonds. The van der Waals surface area contributed by atoms with Crippen molar-refractivity contribution in [1.29, 1.82) is 0 Å². The Morgan fingerprint density at radius 2 is 2.13 bits per heavy atom. The Morgan fingerprint density at radius 1 is 1.33 bits per heavy atom. The molecule has 84 valence electrons. The lowest BCUT2D eigenvalue weighted by Crippen LogP contribution is -2.03. The summed E-state index contributed by atoms with van der Waals surface area (Å²) in [6.45, 7) is 1.99. The third kappa shape index (κ3) is 5.40. The van der Waals surface area contributed by atoms with Crippen molar-refractivity contribution in [3.8, 4) is 0 Å². The van der Waals surface area contributed by atoms with Gasteiger partial charge in [0.15, 0.2) is 0 Å². The van der Waals surface area contributed by atoms with Crippen molar-refractivity contribution in [2.75, 3.05) is 0 Å². The van der Waals surface area contributed by atoms with Gasteiger partial charge >= 0.3 is 5.97 Å². The normalized spacial score (nSPS) is 22.9. The summed E-state index contributed by atoms with van der Waals surface area (Å²) in [5.74, 6) is 0.785. The molecule has 1 aliphatic rings. The van der Waals surface area contributed by atoms with E-state index in [0.717, 1.165) is 44.3 Å². The summed E-state index contributed by atoms with van der Waals surface area (Å²) in [5.41, 5.74) is 0. The van der Waals surface area contributed by atoms with Crippen molar-refractivity contribution < 1.29 is 9.53 Å². The predicted molar refractivity (Wildman–Crippen MR) is 61.3 cm³/mol. The first kappa shape index (κ1) is 12.0. The van der Waals surface area contributed by atoms with Crippen LogP contribution in [0, 0.1) is 0 Å². The largest absolute Gasteiger partial charge is 0.431 e. The molecule has 15 heavy (non-hydrogen) atoms. The molecule has 0 N–H and O–H groups in total. The van der Waals surface area contributed by atoms with Gasteiger partial charge in [0.05, 0.1) is 0 Å². The van der Waals surface area contributed by atoms with Crippen molar-refractivity contribution in [2.45, 2.75) is 51.9 Å². The van der Waals surface area contributed by atoms with Crippen molar-refractivity contribution in [3.63, 3.8) is 0 Å². The Kier molecular flexibility index (Phi) is 5.83. The predicted octanol–water partition coefficient (Wildman–Crippen LogP) is 3.73. The molecule has 2 nitrogen and oxygen atoms in total. The number of carbonyl (C=O) groups excluding carboxylic acids is 1. The van der Waals surface area contributed by atoms with E-state index in [0.29, 0.717) is 6.42 Å². The number of ether oxygens (including phenoxy) is 1. The molecular formula is C13H20O2. The molecule has 0 spiro atoms. The Hall–Kier alpha value is -1.05. The van der Waals surface area contributed by atoms with E-state index >= 15 is 0 Å². The van der Waals surface area contributed by atoms with Gasteiger partial charge in [-0.05, 0) is 38.2 Å². The average Bonchev–Trinajstić information content (AvgIpc) is 2.32. The first-order valence-corrected chi connectivity index (χ1v) is 5.87. The highest BCUT2D eigenvalue weighted by atomic mass is 16.5. The van der Waals surface area contributed by atoms with Crippen LogP contribution in [0.1, 0.15) is 51.9 Å². The van der Waals surface area contributed by atoms with Gasteiger partial charge in [-0.25, -0.2) is 0 Å². The number of esters is 1. The van der Waals surface area contributed by atoms with E-state index in [1.165, 1.54) is 0 Å². The molecule has 0 fully saturated rings. The van der Waals surface area contributed by atoms with E-state index in [9.17, 15) is 4.79 Å². The minimum atomic E-state index is -0.0871. The van der Waals surface area contributed by atoms with Crippen molar-refractivity contribution >= 4 is 5.97 Å². The zero-order chi connectivity index (χ0) is 10.9. The van der Waals surface area contributed by atoms with Gasteiger partial charge in [0, 0.05) is 12.8 Å². The van der Waals surface area contributed by atoms with Crippen LogP contribution in [-0.4, -0.2) is 5.97 Å². The molecule has 0 aliphatic heterocycles. The Morgan fingerprint density at radius 3 is 2.93 bits per heavy atom. The van der Waals surface area contributed by atoms with Crippen LogP contribution in [-0.2, 0) is 9.53 Å². The zero-order valence-corrected chi connectivity index (χ0v) is 9.50. The molecule has 1 rings (SSSR count). The summed E-state index contributed by atoms with van der Waals surface area (Å²) in [6.07, 6.45) is 12.9. The van der Waals surface area contributed by atoms with Crippen LogP contribution in [0.3, 0.4) is 0 Å². The molecule has 0 aromatic rings. The number of carbonyl (C=O) groups is 1. The van der Waals surface area contributed by atoms with Gasteiger partial charge in [-0.3, -0.25) is 4.79 Å². The standard InChI is InChI=1S/C13H20O2/c1-2-9-13(14)15-12-10-7-5-3-4-6-8-11-12/h3-4,10H,2,5-9,11H2,1H3/b4-3+,12-10+. The minimum absolute atomic E-state index is 0.0871. The van der Waals surface area contributed by atoms with Gasteiger partial charge in [0.2, 0.25) is 0 Å². The lowest BCUT2D eigenvalue weighted by atomic mass is 10.2. The monoisotopic (exact) mass is 208 g/mol. The van der Waals surface area contributed by atoms with E-state index < -0.39 is 0 Å². The fourth-order valence-corrected chi connectivity index (χ4v) is 1.57. The third-order valence-corrected chi connectivity index (χ3v) is 2.37. The van der Waals surface area contributed by atoms with Crippen molar-refractivity contribution in [2.24, 2.45) is 0 Å². The highest BCUT2D eigenvalue weighted by molar-refractivity contribution is 5.70. The molecule has 0 atom stereocenters. The molecule has 1 aliphatic carbocycles. The van der Waals surface area contributed by atoms with E-state index in [2.05, 4.69) is 18.2 Å². The molecule has 0 unspecified atom stereocenters. The maximum Gasteiger partial charge on any atom is 0.310 e. The molecule has 0 saturated heterocycles. The summed E-state index contributed by atoms with van der Waals surface area (Å²) in [7, 11) is 0. The number of hydrogen-bond acceptors (Lipinski definition) is 2. The number of rotatable bonds is 3. The van der Waals surface area contributed by atoms with Crippen LogP contribution in [0.15, 0.2) is 24.0 Å². The van der Waals surface area contributed by atoms with Gasteiger partial charge < -0.3 is 4.74 Å². The lowest BCUT2D eigenvalue weighted by molar-refractivity contribution is -0.139. The molecule has 0 aromatic heterocycles. The summed E-state index contributed by atoms with van der Waals surface area (Å²) in [5, 5.41) is 0. The zero-order valence-electron chi connectivity index (χ0n) is 9.50. The lowest BCUT2D eigenvalue weighted by Gasteiger charge is -2.07. The van der Waals surface area contributed by atoms with Gasteiger partial charge in [-0.15, -0.1) is 0 Å². The third-order valence-electron chi connectivity index (χ3n) is 2.37. The van der Waals surface area contributed by atoms with E-state index in [1.807, 2.05) is 6.92 Å². The fourth-order valence-electron chi connectivity index (χ4n) is 1.57. The number of hydrogen-bond donors (Lipinski definition) is 0. The molecule has 0 bridgehead atoms. The quantitative estimate of drug-likeness (QED) is 0.521. The Labute approximate surface area is 92.0 Å². The maximum absolute atomic E-state index is 11.3. The Balaban J connectivity index is 2.41. The first-order chi connectivity index (χ1) is 7.33. The minimum Gasteiger partial charge on any atom is -0.431 e. The first-order valence-electron chi connectivity index (χ1n) is 5.87. The van der Waals surface area contributed by atoms with E-state index in [4.69, 9.17) is 4.74 Å². The van der Waals surface area contributed by atoms with Gasteiger partial charge in [-0.1, -0.05) is 19.1 Å². The van der Waals surface area contributed by atoms with E-state index in [1.54, 1.807) is 0 Å². The number of allylic oxidation sites excluding steroid dienone is 4. The van der Waals surface area contributed by atoms with Crippen LogP contribution in [0.2, 0.25) is 0 Å². The van der Waals surface area contributed by atoms with Crippen molar-refractivity contribution in [1.82, 2.24) is 0 Å². The topological polar surface area (TPSA) is 26.3 Å². The molecule has 0 saturated carbocycles. The molecule has 0 radical (unpaired) electrons. The smallest absolute Gasteiger partial charge is 0.310 e. The second-order valence-electron chi connectivity index (χ2n) is 3.84. The SMILES string of the molecule is CCCC(=O)O/C1=C/CC/C=C/CCC1. The second-order valence-corrected chi connectivity index (χ2v) is 3.84.